The van der Waals surface area contributed by atoms with Crippen molar-refractivity contribution >= 4 is 78.4 Å². The number of nitrogens with one attached hydrogen (secondary N) is 1. The van der Waals surface area contributed by atoms with E-state index < -0.39 is 5.60 Å². The van der Waals surface area contributed by atoms with Crippen LogP contribution in [0.4, 0.5) is 4.79 Å². The molecule has 3 aliphatic heterocycles. The van der Waals surface area contributed by atoms with Gasteiger partial charge in [0, 0.05) is 232 Å². The molecule has 1 amide bonds. The quantitative estimate of drug-likeness (QED) is 0.0740. The Kier molecular flexibility index (Phi) is 24.9. The number of hydrogen-bond donors (Lipinski definition) is 1. The Balaban J connectivity index is 0.000000106. The van der Waals surface area contributed by atoms with Gasteiger partial charge in [-0.1, -0.05) is 32.3 Å². The van der Waals surface area contributed by atoms with Crippen LogP contribution in [0.2, 0.25) is 0 Å². The maximum absolute atomic E-state index is 12.5. The number of hydrogen-bond acceptors (Lipinski definition) is 23. The first-order valence-electron chi connectivity index (χ1n) is 50.6. The minimum atomic E-state index is -0.494. The number of piperidine rings is 2. The monoisotopic (exact) mass is 1970 g/mol. The van der Waals surface area contributed by atoms with Gasteiger partial charge in [-0.2, -0.15) is 56.1 Å². The summed E-state index contributed by atoms with van der Waals surface area (Å²) in [5.41, 5.74) is 32.2. The smallest absolute Gasteiger partial charge is 0.410 e. The summed E-state index contributed by atoms with van der Waals surface area (Å²) in [6.45, 7) is 16.8. The van der Waals surface area contributed by atoms with Gasteiger partial charge in [0.1, 0.15) is 50.3 Å². The fraction of sp³-hybridized carbons (Fsp3) is 0.303. The standard InChI is InChI=1S/C31H34N10O2.C28H30N10.C27H27N9.C23H22N8/c1-31(2,3)43-30(42)38-9-7-25(8-10-38)40-19-24(14-35-40)22-11-28-27(32-12-22)16-36-41(28)20-26-15-33-29-6-5-21(18-39(26)29)23-13-34-37(4)17-23;1-3-35-8-6-24(7-9-35)37-18-23(13-32-37)21-10-27-26(29-11-21)15-33-38(27)19-25-14-30-28-5-4-20(17-36(25)28)22-12-31-34(2)16-22;1-33-15-21(11-30-33)19-7-8-27-29-13-24(34(27)16-19)18-36-26-9-20(10-28-25(26)14-32-36)22-12-31-35(17-22)23-5-3-2-4-6-23;1-29-13-19(10-27-29)17-2-3-23-26-11-20(30(23)14-17)15-31-22-8-18(9-25-21(22)12-28-31)16-4-6-24-7-5-16/h5-6,11-19,25H,7-10,20H2,1-4H3;4-5,10-18,24H,3,6-9,19H2,1-2H3;7-17,23H,2-6,18H2,1H3;2-4,8-14,24H,5-7,15H2,1H3. The van der Waals surface area contributed by atoms with E-state index >= 15 is 0 Å². The first-order chi connectivity index (χ1) is 72.3. The Labute approximate surface area is 850 Å². The lowest BCUT2D eigenvalue weighted by Gasteiger charge is -2.33. The number of ether oxygens (including phenoxy) is 1. The van der Waals surface area contributed by atoms with E-state index in [0.717, 1.165) is 232 Å². The van der Waals surface area contributed by atoms with Crippen molar-refractivity contribution in [2.75, 3.05) is 45.8 Å². The van der Waals surface area contributed by atoms with E-state index in [2.05, 4.69) is 218 Å². The summed E-state index contributed by atoms with van der Waals surface area (Å²) in [7, 11) is 7.70. The molecule has 1 N–H and O–H groups in total. The molecule has 148 heavy (non-hydrogen) atoms. The Hall–Kier alpha value is -17.4. The molecule has 23 aromatic heterocycles. The summed E-state index contributed by atoms with van der Waals surface area (Å²) in [5.74, 6) is 0. The minimum Gasteiger partial charge on any atom is -0.444 e. The number of nitrogens with zero attached hydrogens (tertiary/aromatic N) is 36. The molecule has 0 radical (unpaired) electrons. The Morgan fingerprint density at radius 2 is 0.649 bits per heavy atom. The van der Waals surface area contributed by atoms with Crippen LogP contribution in [-0.4, -0.2) is 232 Å². The molecule has 1 saturated carbocycles. The maximum atomic E-state index is 12.5. The molecule has 26 heterocycles. The molecule has 39 heteroatoms. The van der Waals surface area contributed by atoms with E-state index in [1.54, 1.807) is 15.8 Å². The van der Waals surface area contributed by atoms with Crippen LogP contribution in [0.5, 0.6) is 0 Å². The van der Waals surface area contributed by atoms with Gasteiger partial charge in [0.05, 0.1) is 182 Å². The average Bonchev–Trinajstić information content (AvgIpc) is 1.64. The van der Waals surface area contributed by atoms with Gasteiger partial charge in [-0.15, -0.1) is 0 Å². The average molecular weight is 1970 g/mol. The van der Waals surface area contributed by atoms with Crippen molar-refractivity contribution in [1.29, 1.82) is 0 Å². The molecule has 0 aromatic carbocycles. The number of amides is 1. The highest BCUT2D eigenvalue weighted by molar-refractivity contribution is 5.84. The highest BCUT2D eigenvalue weighted by Crippen LogP contribution is 2.37. The number of carbonyl (C=O) groups is 1. The summed E-state index contributed by atoms with van der Waals surface area (Å²) in [6.07, 6.45) is 72.1. The van der Waals surface area contributed by atoms with Crippen molar-refractivity contribution < 1.29 is 9.53 Å². The fourth-order valence-electron chi connectivity index (χ4n) is 20.6. The normalized spacial score (nSPS) is 14.8. The lowest BCUT2D eigenvalue weighted by Crippen LogP contribution is -2.42. The van der Waals surface area contributed by atoms with Crippen LogP contribution in [0.3, 0.4) is 0 Å². The van der Waals surface area contributed by atoms with Crippen molar-refractivity contribution in [3.8, 4) is 77.9 Å². The zero-order valence-electron chi connectivity index (χ0n) is 83.8. The summed E-state index contributed by atoms with van der Waals surface area (Å²) >= 11 is 0. The largest absolute Gasteiger partial charge is 0.444 e. The lowest BCUT2D eigenvalue weighted by atomic mass is 9.96. The van der Waals surface area contributed by atoms with Gasteiger partial charge in [0.15, 0.2) is 0 Å². The number of fused-ring (bicyclic) bond motifs is 8. The molecule has 0 unspecified atom stereocenters. The fourth-order valence-corrected chi connectivity index (χ4v) is 20.6. The highest BCUT2D eigenvalue weighted by atomic mass is 16.6. The molecule has 0 bridgehead atoms. The molecule has 2 saturated heterocycles. The first-order valence-corrected chi connectivity index (χ1v) is 50.6. The second-order valence-corrected chi connectivity index (χ2v) is 39.9. The minimum absolute atomic E-state index is 0.223. The van der Waals surface area contributed by atoms with E-state index in [1.807, 2.05) is 247 Å². The van der Waals surface area contributed by atoms with Crippen LogP contribution in [0, 0.1) is 0 Å². The number of carbonyl (C=O) groups excluding carboxylic acids is 1. The lowest BCUT2D eigenvalue weighted by molar-refractivity contribution is 0.0184. The molecular weight excluding hydrogens is 1860 g/mol. The predicted molar refractivity (Wildman–Crippen MR) is 564 cm³/mol. The number of aromatic nitrogens is 34. The third-order valence-corrected chi connectivity index (χ3v) is 28.8. The van der Waals surface area contributed by atoms with Crippen LogP contribution in [0.15, 0.2) is 265 Å². The molecule has 746 valence electrons. The van der Waals surface area contributed by atoms with Gasteiger partial charge in [-0.25, -0.2) is 24.7 Å². The van der Waals surface area contributed by atoms with Gasteiger partial charge in [-0.3, -0.25) is 71.4 Å². The van der Waals surface area contributed by atoms with Crippen molar-refractivity contribution in [3.05, 3.63) is 293 Å². The Morgan fingerprint density at radius 1 is 0.331 bits per heavy atom. The second-order valence-electron chi connectivity index (χ2n) is 39.9. The number of imidazole rings is 4. The summed E-state index contributed by atoms with van der Waals surface area (Å²) in [5, 5.41) is 53.2. The summed E-state index contributed by atoms with van der Waals surface area (Å²) in [4.78, 5) is 53.9. The van der Waals surface area contributed by atoms with Crippen LogP contribution >= 0.6 is 0 Å². The van der Waals surface area contributed by atoms with Gasteiger partial charge in [0.2, 0.25) is 0 Å². The number of likely N-dealkylation sites (tertiary alicyclic amines) is 2. The molecule has 1 aliphatic carbocycles. The van der Waals surface area contributed by atoms with Crippen LogP contribution in [-0.2, 0) is 59.1 Å². The molecule has 39 nitrogen and oxygen atoms in total. The zero-order chi connectivity index (χ0) is 100. The Morgan fingerprint density at radius 3 is 0.966 bits per heavy atom. The van der Waals surface area contributed by atoms with Crippen molar-refractivity contribution in [2.24, 2.45) is 28.2 Å². The van der Waals surface area contributed by atoms with Crippen LogP contribution < -0.4 is 5.32 Å². The van der Waals surface area contributed by atoms with Gasteiger partial charge in [0.25, 0.3) is 0 Å². The summed E-state index contributed by atoms with van der Waals surface area (Å²) < 4.78 is 35.5. The van der Waals surface area contributed by atoms with Crippen LogP contribution in [0.1, 0.15) is 138 Å². The molecule has 23 aromatic rings. The van der Waals surface area contributed by atoms with E-state index in [4.69, 9.17) is 24.8 Å². The van der Waals surface area contributed by atoms with E-state index in [-0.39, 0.29) is 12.1 Å². The zero-order valence-corrected chi connectivity index (χ0v) is 83.8. The van der Waals surface area contributed by atoms with Crippen LogP contribution in [0.25, 0.3) is 150 Å². The SMILES string of the molecule is CCN1CCC(n2cc(-c3cnc4cnn(Cc5cnc6ccc(-c7cnn(C)c7)cn56)c4c3)cn2)CC1.Cn1cc(-c2ccc3ncc(Cn4ncc5ncc(-c6cnn(C7CCCCC7)c6)cc54)n3c2)cn1.Cn1cc(-c2ccc3ncc(Cn4ncc5ncc(-c6cnn(C7CCN(C(=O)OC(C)(C)C)CC7)c6)cc54)n3c2)cn1.Cn1cc(-c2ccc3ncc(Cn4ncc5ncc(C6=CCNCC6)cc54)n3c2)cn1. The first kappa shape index (κ1) is 93.0. The molecule has 3 fully saturated rings. The van der Waals surface area contributed by atoms with E-state index in [9.17, 15) is 4.79 Å². The third kappa shape index (κ3) is 19.4. The third-order valence-electron chi connectivity index (χ3n) is 28.8. The molecular formula is C109H113N37O2. The van der Waals surface area contributed by atoms with Gasteiger partial charge >= 0.3 is 6.09 Å². The Bertz CT molecular complexity index is 8780. The molecule has 27 rings (SSSR count). The second kappa shape index (κ2) is 39.6. The van der Waals surface area contributed by atoms with E-state index in [1.165, 1.54) is 43.2 Å². The van der Waals surface area contributed by atoms with Crippen molar-refractivity contribution in [2.45, 2.75) is 142 Å². The molecule has 0 atom stereocenters. The van der Waals surface area contributed by atoms with E-state index in [0.29, 0.717) is 51.4 Å². The number of rotatable bonds is 20. The number of pyridine rings is 8. The topological polar surface area (TPSA) is 362 Å². The molecule has 0 spiro atoms. The van der Waals surface area contributed by atoms with Crippen molar-refractivity contribution in [3.63, 3.8) is 0 Å². The summed E-state index contributed by atoms with van der Waals surface area (Å²) in [6, 6.07) is 26.3. The predicted octanol–water partition coefficient (Wildman–Crippen LogP) is 16.8. The molecule has 4 aliphatic rings. The number of aryl methyl sites for hydroxylation is 4. The maximum Gasteiger partial charge on any atom is 0.410 e. The highest BCUT2D eigenvalue weighted by Gasteiger charge is 2.30. The van der Waals surface area contributed by atoms with Gasteiger partial charge < -0.3 is 37.5 Å². The van der Waals surface area contributed by atoms with Crippen molar-refractivity contribution in [1.82, 2.24) is 180 Å². The van der Waals surface area contributed by atoms with Gasteiger partial charge in [-0.05, 0) is 163 Å².